The molecule has 0 amide bonds. The minimum Gasteiger partial charge on any atom is -0.386 e. The number of aliphatic hydroxyl groups is 1. The van der Waals surface area contributed by atoms with Gasteiger partial charge in [0.05, 0.1) is 19.3 Å². The number of nitrogens with zero attached hydrogens (tertiary/aromatic N) is 1. The smallest absolute Gasteiger partial charge is 0.191 e. The lowest BCUT2D eigenvalue weighted by Crippen LogP contribution is -2.39. The van der Waals surface area contributed by atoms with E-state index in [-0.39, 0.29) is 24.0 Å². The second-order valence-corrected chi connectivity index (χ2v) is 4.77. The van der Waals surface area contributed by atoms with E-state index in [2.05, 4.69) is 15.6 Å². The molecule has 5 nitrogen and oxygen atoms in total. The van der Waals surface area contributed by atoms with Crippen molar-refractivity contribution >= 4 is 29.9 Å². The van der Waals surface area contributed by atoms with Gasteiger partial charge in [0.15, 0.2) is 5.96 Å². The summed E-state index contributed by atoms with van der Waals surface area (Å²) in [6.07, 6.45) is -0.590. The normalized spacial score (nSPS) is 12.5. The number of aliphatic imine (C=N–C) groups is 1. The Bertz CT molecular complexity index is 424. The summed E-state index contributed by atoms with van der Waals surface area (Å²) in [5.41, 5.74) is 2.06. The molecule has 0 saturated heterocycles. The van der Waals surface area contributed by atoms with E-state index in [1.54, 1.807) is 0 Å². The molecule has 126 valence electrons. The molecular formula is C16H28IN3O2. The lowest BCUT2D eigenvalue weighted by molar-refractivity contribution is 0.152. The number of nitrogens with one attached hydrogen (secondary N) is 2. The van der Waals surface area contributed by atoms with Crippen molar-refractivity contribution in [1.29, 1.82) is 0 Å². The molecule has 1 rings (SSSR count). The lowest BCUT2D eigenvalue weighted by atomic mass is 10.1. The minimum absolute atomic E-state index is 0. The summed E-state index contributed by atoms with van der Waals surface area (Å²) in [6.45, 7) is 9.16. The number of ether oxygens (including phenoxy) is 1. The number of aryl methyl sites for hydroxylation is 1. The zero-order valence-electron chi connectivity index (χ0n) is 13.6. The topological polar surface area (TPSA) is 65.9 Å². The van der Waals surface area contributed by atoms with Crippen LogP contribution in [0.5, 0.6) is 0 Å². The number of benzene rings is 1. The molecule has 1 aromatic rings. The number of guanidine groups is 1. The Balaban J connectivity index is 0.00000441. The number of rotatable bonds is 8. The Morgan fingerprint density at radius 2 is 1.91 bits per heavy atom. The first-order chi connectivity index (χ1) is 10.2. The Morgan fingerprint density at radius 1 is 1.23 bits per heavy atom. The van der Waals surface area contributed by atoms with Gasteiger partial charge in [-0.3, -0.25) is 4.99 Å². The average molecular weight is 421 g/mol. The van der Waals surface area contributed by atoms with Crippen LogP contribution in [0.2, 0.25) is 0 Å². The quantitative estimate of drug-likeness (QED) is 0.261. The van der Waals surface area contributed by atoms with Crippen molar-refractivity contribution in [2.75, 3.05) is 32.8 Å². The molecule has 1 atom stereocenters. The van der Waals surface area contributed by atoms with Crippen molar-refractivity contribution in [1.82, 2.24) is 10.6 Å². The summed E-state index contributed by atoms with van der Waals surface area (Å²) in [5, 5.41) is 16.5. The fourth-order valence-corrected chi connectivity index (χ4v) is 1.80. The molecule has 0 radical (unpaired) electrons. The van der Waals surface area contributed by atoms with Gasteiger partial charge in [0, 0.05) is 19.7 Å². The van der Waals surface area contributed by atoms with E-state index >= 15 is 0 Å². The second kappa shape index (κ2) is 12.7. The molecule has 22 heavy (non-hydrogen) atoms. The number of halogens is 1. The number of hydrogen-bond acceptors (Lipinski definition) is 3. The molecule has 6 heteroatoms. The largest absolute Gasteiger partial charge is 0.386 e. The molecule has 0 aromatic heterocycles. The molecule has 0 aliphatic heterocycles. The lowest BCUT2D eigenvalue weighted by Gasteiger charge is -2.13. The van der Waals surface area contributed by atoms with Crippen molar-refractivity contribution in [3.8, 4) is 0 Å². The third kappa shape index (κ3) is 8.55. The molecule has 0 aliphatic rings. The predicted octanol–water partition coefficient (Wildman–Crippen LogP) is 2.24. The van der Waals surface area contributed by atoms with Gasteiger partial charge >= 0.3 is 0 Å². The highest BCUT2D eigenvalue weighted by molar-refractivity contribution is 14.0. The van der Waals surface area contributed by atoms with Crippen LogP contribution in [0.15, 0.2) is 29.3 Å². The molecule has 3 N–H and O–H groups in total. The van der Waals surface area contributed by atoms with Gasteiger partial charge in [-0.25, -0.2) is 0 Å². The van der Waals surface area contributed by atoms with Crippen LogP contribution < -0.4 is 10.6 Å². The summed E-state index contributed by atoms with van der Waals surface area (Å²) in [7, 11) is 0. The van der Waals surface area contributed by atoms with Crippen LogP contribution in [0.1, 0.15) is 31.1 Å². The van der Waals surface area contributed by atoms with Crippen LogP contribution in [0.4, 0.5) is 0 Å². The monoisotopic (exact) mass is 421 g/mol. The summed E-state index contributed by atoms with van der Waals surface area (Å²) in [5.74, 6) is 0.698. The standard InChI is InChI=1S/C16H27N3O2.HI/c1-4-17-16(18-10-11-21-5-2)19-12-15(20)14-8-6-13(3)7-9-14;/h6-9,15,20H,4-5,10-12H2,1-3H3,(H2,17,18,19);1H. The van der Waals surface area contributed by atoms with Crippen LogP contribution >= 0.6 is 24.0 Å². The first-order valence-electron chi connectivity index (χ1n) is 7.51. The highest BCUT2D eigenvalue weighted by Crippen LogP contribution is 2.13. The van der Waals surface area contributed by atoms with Crippen LogP contribution in [-0.2, 0) is 4.74 Å². The fraction of sp³-hybridized carbons (Fsp3) is 0.562. The van der Waals surface area contributed by atoms with Gasteiger partial charge in [-0.2, -0.15) is 0 Å². The van der Waals surface area contributed by atoms with Crippen molar-refractivity contribution in [3.63, 3.8) is 0 Å². The van der Waals surface area contributed by atoms with E-state index in [4.69, 9.17) is 4.74 Å². The van der Waals surface area contributed by atoms with Crippen LogP contribution in [0, 0.1) is 6.92 Å². The van der Waals surface area contributed by atoms with Crippen molar-refractivity contribution in [3.05, 3.63) is 35.4 Å². The Labute approximate surface area is 150 Å². The maximum atomic E-state index is 10.2. The third-order valence-electron chi connectivity index (χ3n) is 2.97. The summed E-state index contributed by atoms with van der Waals surface area (Å²) >= 11 is 0. The van der Waals surface area contributed by atoms with Gasteiger partial charge in [0.2, 0.25) is 0 Å². The first-order valence-corrected chi connectivity index (χ1v) is 7.51. The molecule has 1 aromatic carbocycles. The molecule has 1 unspecified atom stereocenters. The molecule has 0 spiro atoms. The van der Waals surface area contributed by atoms with Crippen molar-refractivity contribution < 1.29 is 9.84 Å². The van der Waals surface area contributed by atoms with E-state index in [9.17, 15) is 5.11 Å². The van der Waals surface area contributed by atoms with E-state index in [1.807, 2.05) is 45.0 Å². The minimum atomic E-state index is -0.590. The number of hydrogen-bond donors (Lipinski definition) is 3. The third-order valence-corrected chi connectivity index (χ3v) is 2.97. The van der Waals surface area contributed by atoms with E-state index < -0.39 is 6.10 Å². The highest BCUT2D eigenvalue weighted by atomic mass is 127. The molecule has 0 bridgehead atoms. The van der Waals surface area contributed by atoms with Gasteiger partial charge in [0.1, 0.15) is 0 Å². The number of aliphatic hydroxyl groups excluding tert-OH is 1. The summed E-state index contributed by atoms with van der Waals surface area (Å²) < 4.78 is 5.27. The van der Waals surface area contributed by atoms with Crippen LogP contribution in [0.25, 0.3) is 0 Å². The zero-order chi connectivity index (χ0) is 15.5. The van der Waals surface area contributed by atoms with Crippen molar-refractivity contribution in [2.45, 2.75) is 26.9 Å². The van der Waals surface area contributed by atoms with Gasteiger partial charge in [-0.15, -0.1) is 24.0 Å². The average Bonchev–Trinajstić information content (AvgIpc) is 2.49. The Hall–Kier alpha value is -0.860. The first kappa shape index (κ1) is 21.1. The maximum absolute atomic E-state index is 10.2. The van der Waals surface area contributed by atoms with E-state index in [0.717, 1.165) is 12.1 Å². The molecule has 0 saturated carbocycles. The summed E-state index contributed by atoms with van der Waals surface area (Å²) in [4.78, 5) is 4.40. The maximum Gasteiger partial charge on any atom is 0.191 e. The van der Waals surface area contributed by atoms with E-state index in [1.165, 1.54) is 5.56 Å². The summed E-state index contributed by atoms with van der Waals surface area (Å²) in [6, 6.07) is 7.86. The van der Waals surface area contributed by atoms with Crippen molar-refractivity contribution in [2.24, 2.45) is 4.99 Å². The SMILES string of the molecule is CCNC(=NCC(O)c1ccc(C)cc1)NCCOCC.I. The molecule has 0 aliphatic carbocycles. The second-order valence-electron chi connectivity index (χ2n) is 4.77. The molecular weight excluding hydrogens is 393 g/mol. The van der Waals surface area contributed by atoms with Gasteiger partial charge in [-0.05, 0) is 26.3 Å². The molecule has 0 heterocycles. The van der Waals surface area contributed by atoms with Crippen LogP contribution in [0.3, 0.4) is 0 Å². The van der Waals surface area contributed by atoms with Gasteiger partial charge in [0.25, 0.3) is 0 Å². The van der Waals surface area contributed by atoms with Gasteiger partial charge in [-0.1, -0.05) is 29.8 Å². The van der Waals surface area contributed by atoms with Gasteiger partial charge < -0.3 is 20.5 Å². The van der Waals surface area contributed by atoms with E-state index in [0.29, 0.717) is 32.3 Å². The zero-order valence-corrected chi connectivity index (χ0v) is 16.0. The predicted molar refractivity (Wildman–Crippen MR) is 102 cm³/mol. The fourth-order valence-electron chi connectivity index (χ4n) is 1.80. The Kier molecular flexibility index (Phi) is 12.2. The molecule has 0 fully saturated rings. The van der Waals surface area contributed by atoms with Crippen LogP contribution in [-0.4, -0.2) is 43.9 Å². The Morgan fingerprint density at radius 3 is 2.50 bits per heavy atom. The highest BCUT2D eigenvalue weighted by Gasteiger charge is 2.07.